The van der Waals surface area contributed by atoms with Crippen molar-refractivity contribution in [1.82, 2.24) is 14.8 Å². The highest BCUT2D eigenvalue weighted by Gasteiger charge is 2.38. The van der Waals surface area contributed by atoms with Crippen molar-refractivity contribution in [1.29, 1.82) is 0 Å². The Morgan fingerprint density at radius 1 is 1.25 bits per heavy atom. The van der Waals surface area contributed by atoms with Gasteiger partial charge in [0.1, 0.15) is 12.0 Å². The summed E-state index contributed by atoms with van der Waals surface area (Å²) in [6.45, 7) is 4.78. The number of halogens is 1. The third-order valence-corrected chi connectivity index (χ3v) is 7.50. The summed E-state index contributed by atoms with van der Waals surface area (Å²) in [7, 11) is 3.16. The van der Waals surface area contributed by atoms with Crippen LogP contribution in [0.5, 0.6) is 5.75 Å². The topological polar surface area (TPSA) is 92.5 Å². The molecule has 1 unspecified atom stereocenters. The van der Waals surface area contributed by atoms with E-state index in [2.05, 4.69) is 40.7 Å². The number of nitrogens with one attached hydrogen (secondary N) is 1. The molecule has 1 fully saturated rings. The number of methoxy groups -OCH3 is 2. The fraction of sp³-hybridized carbons (Fsp3) is 0.393. The number of ether oxygens (including phenoxy) is 2. The normalized spacial score (nSPS) is 19.0. The monoisotopic (exact) mass is 493 g/mol. The SMILES string of the molecule is COCC(C)(C)c1c([C@@H]2CCC(/C(O)=C\O)C2)c2cc3[nH]ncc3cc2n1-c1ccc(F)c(OC)c1. The van der Waals surface area contributed by atoms with Gasteiger partial charge in [-0.25, -0.2) is 4.39 Å². The van der Waals surface area contributed by atoms with Crippen LogP contribution in [-0.4, -0.2) is 45.8 Å². The van der Waals surface area contributed by atoms with Gasteiger partial charge < -0.3 is 24.3 Å². The van der Waals surface area contributed by atoms with Gasteiger partial charge in [-0.3, -0.25) is 5.10 Å². The van der Waals surface area contributed by atoms with E-state index in [9.17, 15) is 14.6 Å². The number of allylic oxidation sites excluding steroid dienone is 1. The Morgan fingerprint density at radius 2 is 2.06 bits per heavy atom. The zero-order chi connectivity index (χ0) is 25.6. The van der Waals surface area contributed by atoms with E-state index >= 15 is 0 Å². The maximum absolute atomic E-state index is 14.4. The number of fused-ring (bicyclic) bond motifs is 2. The van der Waals surface area contributed by atoms with Crippen molar-refractivity contribution in [3.05, 3.63) is 65.6 Å². The van der Waals surface area contributed by atoms with Crippen LogP contribution in [0.15, 0.2) is 48.5 Å². The van der Waals surface area contributed by atoms with Crippen LogP contribution in [0.3, 0.4) is 0 Å². The molecule has 1 aliphatic rings. The lowest BCUT2D eigenvalue weighted by Crippen LogP contribution is -2.28. The van der Waals surface area contributed by atoms with Crippen LogP contribution >= 0.6 is 0 Å². The van der Waals surface area contributed by atoms with Crippen molar-refractivity contribution >= 4 is 21.8 Å². The van der Waals surface area contributed by atoms with E-state index in [-0.39, 0.29) is 23.3 Å². The number of nitrogens with zero attached hydrogens (tertiary/aromatic N) is 2. The Balaban J connectivity index is 1.85. The van der Waals surface area contributed by atoms with Crippen molar-refractivity contribution in [3.63, 3.8) is 0 Å². The van der Waals surface area contributed by atoms with Gasteiger partial charge in [-0.15, -0.1) is 0 Å². The third kappa shape index (κ3) is 3.89. The number of aliphatic hydroxyl groups is 2. The molecule has 1 aliphatic carbocycles. The van der Waals surface area contributed by atoms with Crippen LogP contribution < -0.4 is 4.74 Å². The van der Waals surface area contributed by atoms with Crippen molar-refractivity contribution in [3.8, 4) is 11.4 Å². The molecule has 0 aliphatic heterocycles. The Labute approximate surface area is 209 Å². The van der Waals surface area contributed by atoms with E-state index in [1.165, 1.54) is 18.7 Å². The third-order valence-electron chi connectivity index (χ3n) is 7.50. The lowest BCUT2D eigenvalue weighted by molar-refractivity contribution is 0.143. The lowest BCUT2D eigenvalue weighted by atomic mass is 9.82. The van der Waals surface area contributed by atoms with Gasteiger partial charge in [0.05, 0.1) is 30.9 Å². The Kier molecular flexibility index (Phi) is 6.16. The first-order valence-electron chi connectivity index (χ1n) is 12.2. The first-order chi connectivity index (χ1) is 17.3. The molecule has 1 saturated carbocycles. The van der Waals surface area contributed by atoms with E-state index in [1.807, 2.05) is 0 Å². The molecule has 2 aromatic carbocycles. The minimum Gasteiger partial charge on any atom is -0.512 e. The molecule has 0 radical (unpaired) electrons. The highest BCUT2D eigenvalue weighted by atomic mass is 19.1. The summed E-state index contributed by atoms with van der Waals surface area (Å²) < 4.78 is 27.6. The fourth-order valence-corrected chi connectivity index (χ4v) is 5.93. The summed E-state index contributed by atoms with van der Waals surface area (Å²) in [6, 6.07) is 9.16. The van der Waals surface area contributed by atoms with Gasteiger partial charge in [-0.2, -0.15) is 5.10 Å². The van der Waals surface area contributed by atoms with Gasteiger partial charge in [0.2, 0.25) is 0 Å². The molecule has 0 amide bonds. The van der Waals surface area contributed by atoms with E-state index in [1.54, 1.807) is 25.4 Å². The summed E-state index contributed by atoms with van der Waals surface area (Å²) in [5, 5.41) is 29.0. The molecule has 2 aromatic heterocycles. The van der Waals surface area contributed by atoms with Crippen LogP contribution in [-0.2, 0) is 10.2 Å². The number of aromatic nitrogens is 3. The van der Waals surface area contributed by atoms with Crippen LogP contribution in [0.25, 0.3) is 27.5 Å². The van der Waals surface area contributed by atoms with E-state index in [4.69, 9.17) is 9.47 Å². The van der Waals surface area contributed by atoms with Crippen molar-refractivity contribution in [2.24, 2.45) is 5.92 Å². The number of aromatic amines is 1. The predicted molar refractivity (Wildman–Crippen MR) is 138 cm³/mol. The number of hydrogen-bond acceptors (Lipinski definition) is 5. The van der Waals surface area contributed by atoms with Gasteiger partial charge >= 0.3 is 0 Å². The number of rotatable bonds is 7. The van der Waals surface area contributed by atoms with Crippen LogP contribution in [0.2, 0.25) is 0 Å². The zero-order valence-corrected chi connectivity index (χ0v) is 21.0. The van der Waals surface area contributed by atoms with Gasteiger partial charge in [0.15, 0.2) is 11.6 Å². The molecule has 190 valence electrons. The van der Waals surface area contributed by atoms with Gasteiger partial charge in [-0.05, 0) is 55.0 Å². The second-order valence-electron chi connectivity index (χ2n) is 10.3. The molecule has 0 spiro atoms. The molecule has 36 heavy (non-hydrogen) atoms. The van der Waals surface area contributed by atoms with Crippen LogP contribution in [0, 0.1) is 11.7 Å². The molecule has 0 bridgehead atoms. The highest BCUT2D eigenvalue weighted by molar-refractivity contribution is 5.99. The fourth-order valence-electron chi connectivity index (χ4n) is 5.93. The second kappa shape index (κ2) is 9.17. The van der Waals surface area contributed by atoms with Crippen molar-refractivity contribution in [2.45, 2.75) is 44.4 Å². The van der Waals surface area contributed by atoms with Gasteiger partial charge in [0.25, 0.3) is 0 Å². The molecule has 3 N–H and O–H groups in total. The van der Waals surface area contributed by atoms with E-state index in [0.29, 0.717) is 13.0 Å². The average molecular weight is 494 g/mol. The molecule has 2 atom stereocenters. The lowest BCUT2D eigenvalue weighted by Gasteiger charge is -2.29. The standard InChI is InChI=1S/C28H32FN3O4/c1-28(2,15-35-3)27-26(17-6-5-16(9-17)24(34)14-33)20-12-22-18(13-30-31-22)10-23(20)32(27)19-7-8-21(29)25(11-19)36-4/h7-8,10-14,16-17,33-34H,5-6,9,15H2,1-4H3,(H,30,31)/b24-14+/t16?,17-/m1/s1. The van der Waals surface area contributed by atoms with Crippen LogP contribution in [0.4, 0.5) is 4.39 Å². The molecule has 2 heterocycles. The molecule has 7 nitrogen and oxygen atoms in total. The largest absolute Gasteiger partial charge is 0.512 e. The zero-order valence-electron chi connectivity index (χ0n) is 21.0. The van der Waals surface area contributed by atoms with E-state index < -0.39 is 11.2 Å². The summed E-state index contributed by atoms with van der Waals surface area (Å²) in [6.07, 6.45) is 4.97. The Hall–Kier alpha value is -3.52. The maximum atomic E-state index is 14.4. The first-order valence-corrected chi connectivity index (χ1v) is 12.2. The summed E-state index contributed by atoms with van der Waals surface area (Å²) in [5.41, 5.74) is 4.56. The molecular weight excluding hydrogens is 461 g/mol. The highest BCUT2D eigenvalue weighted by Crippen LogP contribution is 2.49. The minimum absolute atomic E-state index is 0.0261. The number of aliphatic hydroxyl groups excluding tert-OH is 2. The molecule has 0 saturated heterocycles. The minimum atomic E-state index is -0.419. The van der Waals surface area contributed by atoms with Gasteiger partial charge in [-0.1, -0.05) is 13.8 Å². The smallest absolute Gasteiger partial charge is 0.165 e. The quantitative estimate of drug-likeness (QED) is 0.258. The molecule has 4 aromatic rings. The summed E-state index contributed by atoms with van der Waals surface area (Å²) in [4.78, 5) is 0. The maximum Gasteiger partial charge on any atom is 0.165 e. The van der Waals surface area contributed by atoms with Crippen LogP contribution in [0.1, 0.15) is 50.3 Å². The number of hydrogen-bond donors (Lipinski definition) is 3. The molecule has 8 heteroatoms. The average Bonchev–Trinajstić information content (AvgIpc) is 3.59. The first kappa shape index (κ1) is 24.2. The number of benzene rings is 2. The predicted octanol–water partition coefficient (Wildman–Crippen LogP) is 6.42. The van der Waals surface area contributed by atoms with Crippen molar-refractivity contribution in [2.75, 3.05) is 20.8 Å². The Morgan fingerprint density at radius 3 is 2.78 bits per heavy atom. The van der Waals surface area contributed by atoms with E-state index in [0.717, 1.165) is 52.3 Å². The van der Waals surface area contributed by atoms with Crippen molar-refractivity contribution < 1.29 is 24.1 Å². The summed E-state index contributed by atoms with van der Waals surface area (Å²) >= 11 is 0. The molecular formula is C28H32FN3O4. The molecule has 5 rings (SSSR count). The second-order valence-corrected chi connectivity index (χ2v) is 10.3. The number of H-pyrrole nitrogens is 1. The summed E-state index contributed by atoms with van der Waals surface area (Å²) in [5.74, 6) is -0.168. The Bertz CT molecular complexity index is 1450. The van der Waals surface area contributed by atoms with Gasteiger partial charge in [0, 0.05) is 46.7 Å².